The molecule has 2 rings (SSSR count). The number of hydrogen-bond acceptors (Lipinski definition) is 3. The van der Waals surface area contributed by atoms with Crippen molar-refractivity contribution in [3.63, 3.8) is 0 Å². The van der Waals surface area contributed by atoms with Gasteiger partial charge in [0.15, 0.2) is 0 Å². The first kappa shape index (κ1) is 13.5. The topological polar surface area (TPSA) is 50.9 Å². The Bertz CT molecular complexity index is 569. The van der Waals surface area contributed by atoms with Gasteiger partial charge in [-0.1, -0.05) is 17.7 Å². The average Bonchev–Trinajstić information content (AvgIpc) is 2.41. The van der Waals surface area contributed by atoms with Crippen molar-refractivity contribution in [3.05, 3.63) is 59.2 Å². The third-order valence-electron chi connectivity index (χ3n) is 3.24. The summed E-state index contributed by atoms with van der Waals surface area (Å²) in [5.41, 5.74) is 9.21. The standard InChI is InChI=1S/C15H18FN3/c1-10-3-4-13(16)12(7-10)15(18-2)8-11-9-19-6-5-14(11)17/h3-7,9,15,18H,8H2,1-2H3,(H2,17,19). The second-order valence-corrected chi connectivity index (χ2v) is 4.64. The van der Waals surface area contributed by atoms with E-state index in [2.05, 4.69) is 10.3 Å². The molecule has 0 amide bonds. The SMILES string of the molecule is CNC(Cc1cnccc1N)c1cc(C)ccc1F. The minimum absolute atomic E-state index is 0.119. The van der Waals surface area contributed by atoms with Crippen molar-refractivity contribution in [2.24, 2.45) is 0 Å². The summed E-state index contributed by atoms with van der Waals surface area (Å²) in [6.07, 6.45) is 3.99. The van der Waals surface area contributed by atoms with E-state index < -0.39 is 0 Å². The van der Waals surface area contributed by atoms with Gasteiger partial charge in [0.1, 0.15) is 5.82 Å². The molecule has 0 radical (unpaired) electrons. The predicted molar refractivity (Wildman–Crippen MR) is 75.3 cm³/mol. The van der Waals surface area contributed by atoms with Crippen LogP contribution in [-0.2, 0) is 6.42 Å². The third-order valence-corrected chi connectivity index (χ3v) is 3.24. The summed E-state index contributed by atoms with van der Waals surface area (Å²) in [6, 6.07) is 6.77. The van der Waals surface area contributed by atoms with Crippen molar-refractivity contribution in [2.75, 3.05) is 12.8 Å². The molecule has 0 aliphatic carbocycles. The van der Waals surface area contributed by atoms with Crippen molar-refractivity contribution in [3.8, 4) is 0 Å². The number of nitrogens with one attached hydrogen (secondary N) is 1. The average molecular weight is 259 g/mol. The zero-order chi connectivity index (χ0) is 13.8. The fourth-order valence-electron chi connectivity index (χ4n) is 2.13. The number of nitrogens with zero attached hydrogens (tertiary/aromatic N) is 1. The van der Waals surface area contributed by atoms with Gasteiger partial charge in [0.2, 0.25) is 0 Å². The molecule has 0 fully saturated rings. The molecule has 0 aliphatic rings. The van der Waals surface area contributed by atoms with Gasteiger partial charge in [-0.25, -0.2) is 4.39 Å². The highest BCUT2D eigenvalue weighted by Gasteiger charge is 2.16. The Morgan fingerprint density at radius 2 is 2.16 bits per heavy atom. The number of hydrogen-bond donors (Lipinski definition) is 2. The third kappa shape index (κ3) is 3.09. The molecule has 1 heterocycles. The number of likely N-dealkylation sites (N-methyl/N-ethyl adjacent to an activating group) is 1. The molecule has 100 valence electrons. The zero-order valence-electron chi connectivity index (χ0n) is 11.2. The van der Waals surface area contributed by atoms with Crippen LogP contribution in [0.4, 0.5) is 10.1 Å². The Morgan fingerprint density at radius 1 is 1.37 bits per heavy atom. The molecule has 3 nitrogen and oxygen atoms in total. The van der Waals surface area contributed by atoms with E-state index >= 15 is 0 Å². The Kier molecular flexibility index (Phi) is 4.12. The molecule has 1 aromatic heterocycles. The molecule has 2 aromatic rings. The van der Waals surface area contributed by atoms with Crippen molar-refractivity contribution >= 4 is 5.69 Å². The first-order chi connectivity index (χ1) is 9.11. The number of nitrogen functional groups attached to an aromatic ring is 1. The van der Waals surface area contributed by atoms with Gasteiger partial charge in [-0.3, -0.25) is 4.98 Å². The molecular formula is C15H18FN3. The molecule has 0 bridgehead atoms. The van der Waals surface area contributed by atoms with Crippen LogP contribution in [0.15, 0.2) is 36.7 Å². The second-order valence-electron chi connectivity index (χ2n) is 4.64. The van der Waals surface area contributed by atoms with Crippen LogP contribution >= 0.6 is 0 Å². The summed E-state index contributed by atoms with van der Waals surface area (Å²) < 4.78 is 13.9. The summed E-state index contributed by atoms with van der Waals surface area (Å²) in [5, 5.41) is 3.14. The van der Waals surface area contributed by atoms with Crippen LogP contribution in [0.3, 0.4) is 0 Å². The van der Waals surface area contributed by atoms with Gasteiger partial charge in [-0.05, 0) is 38.1 Å². The lowest BCUT2D eigenvalue weighted by molar-refractivity contribution is 0.533. The number of aromatic nitrogens is 1. The molecule has 0 aliphatic heterocycles. The second kappa shape index (κ2) is 5.80. The van der Waals surface area contributed by atoms with Gasteiger partial charge in [0.25, 0.3) is 0 Å². The summed E-state index contributed by atoms with van der Waals surface area (Å²) in [6.45, 7) is 1.95. The lowest BCUT2D eigenvalue weighted by atomic mass is 9.97. The quantitative estimate of drug-likeness (QED) is 0.887. The maximum atomic E-state index is 13.9. The van der Waals surface area contributed by atoms with E-state index in [0.29, 0.717) is 17.7 Å². The monoisotopic (exact) mass is 259 g/mol. The molecule has 1 atom stereocenters. The van der Waals surface area contributed by atoms with Crippen LogP contribution in [0.5, 0.6) is 0 Å². The highest BCUT2D eigenvalue weighted by molar-refractivity contribution is 5.45. The van der Waals surface area contributed by atoms with Crippen LogP contribution in [0, 0.1) is 12.7 Å². The van der Waals surface area contributed by atoms with Gasteiger partial charge in [-0.15, -0.1) is 0 Å². The van der Waals surface area contributed by atoms with Crippen molar-refractivity contribution in [2.45, 2.75) is 19.4 Å². The van der Waals surface area contributed by atoms with Crippen LogP contribution < -0.4 is 11.1 Å². The number of rotatable bonds is 4. The minimum atomic E-state index is -0.201. The maximum Gasteiger partial charge on any atom is 0.128 e. The zero-order valence-corrected chi connectivity index (χ0v) is 11.2. The van der Waals surface area contributed by atoms with Gasteiger partial charge in [0.05, 0.1) is 0 Å². The van der Waals surface area contributed by atoms with Crippen LogP contribution in [0.2, 0.25) is 0 Å². The fourth-order valence-corrected chi connectivity index (χ4v) is 2.13. The van der Waals surface area contributed by atoms with Gasteiger partial charge in [0, 0.05) is 29.7 Å². The molecule has 1 aromatic carbocycles. The molecule has 0 saturated carbocycles. The highest BCUT2D eigenvalue weighted by atomic mass is 19.1. The van der Waals surface area contributed by atoms with Crippen LogP contribution in [-0.4, -0.2) is 12.0 Å². The van der Waals surface area contributed by atoms with Crippen molar-refractivity contribution in [1.29, 1.82) is 0 Å². The summed E-state index contributed by atoms with van der Waals surface area (Å²) in [7, 11) is 1.82. The van der Waals surface area contributed by atoms with E-state index in [1.165, 1.54) is 6.07 Å². The lowest BCUT2D eigenvalue weighted by Gasteiger charge is -2.18. The number of halogens is 1. The number of nitrogens with two attached hydrogens (primary N) is 1. The number of benzene rings is 1. The smallest absolute Gasteiger partial charge is 0.128 e. The van der Waals surface area contributed by atoms with Gasteiger partial charge < -0.3 is 11.1 Å². The molecular weight excluding hydrogens is 241 g/mol. The highest BCUT2D eigenvalue weighted by Crippen LogP contribution is 2.24. The molecule has 3 N–H and O–H groups in total. The van der Waals surface area contributed by atoms with Gasteiger partial charge in [-0.2, -0.15) is 0 Å². The Hall–Kier alpha value is -1.94. The van der Waals surface area contributed by atoms with E-state index in [9.17, 15) is 4.39 Å². The number of aryl methyl sites for hydroxylation is 1. The summed E-state index contributed by atoms with van der Waals surface area (Å²) >= 11 is 0. The van der Waals surface area contributed by atoms with Crippen molar-refractivity contribution in [1.82, 2.24) is 10.3 Å². The molecule has 0 spiro atoms. The minimum Gasteiger partial charge on any atom is -0.398 e. The largest absolute Gasteiger partial charge is 0.398 e. The van der Waals surface area contributed by atoms with E-state index in [1.807, 2.05) is 20.0 Å². The Labute approximate surface area is 112 Å². The molecule has 19 heavy (non-hydrogen) atoms. The van der Waals surface area contributed by atoms with Crippen LogP contribution in [0.25, 0.3) is 0 Å². The van der Waals surface area contributed by atoms with Gasteiger partial charge >= 0.3 is 0 Å². The van der Waals surface area contributed by atoms with E-state index in [-0.39, 0.29) is 11.9 Å². The number of anilines is 1. The summed E-state index contributed by atoms with van der Waals surface area (Å²) in [4.78, 5) is 4.06. The molecule has 0 saturated heterocycles. The van der Waals surface area contributed by atoms with Crippen LogP contribution in [0.1, 0.15) is 22.7 Å². The van der Waals surface area contributed by atoms with E-state index in [4.69, 9.17) is 5.73 Å². The summed E-state index contributed by atoms with van der Waals surface area (Å²) in [5.74, 6) is -0.201. The van der Waals surface area contributed by atoms with E-state index in [1.54, 1.807) is 24.5 Å². The van der Waals surface area contributed by atoms with E-state index in [0.717, 1.165) is 11.1 Å². The normalized spacial score (nSPS) is 12.4. The first-order valence-electron chi connectivity index (χ1n) is 6.23. The Balaban J connectivity index is 2.30. The predicted octanol–water partition coefficient (Wildman–Crippen LogP) is 2.61. The molecule has 1 unspecified atom stereocenters. The first-order valence-corrected chi connectivity index (χ1v) is 6.23. The number of pyridine rings is 1. The lowest BCUT2D eigenvalue weighted by Crippen LogP contribution is -2.20. The maximum absolute atomic E-state index is 13.9. The Morgan fingerprint density at radius 3 is 2.84 bits per heavy atom. The fraction of sp³-hybridized carbons (Fsp3) is 0.267. The molecule has 4 heteroatoms. The van der Waals surface area contributed by atoms with Crippen molar-refractivity contribution < 1.29 is 4.39 Å².